The number of hydrogen-bond acceptors (Lipinski definition) is 3. The molecule has 0 saturated heterocycles. The molecular weight excluding hydrogens is 414 g/mol. The van der Waals surface area contributed by atoms with Crippen LogP contribution in [0.5, 0.6) is 0 Å². The van der Waals surface area contributed by atoms with E-state index in [1.165, 1.54) is 12.1 Å². The van der Waals surface area contributed by atoms with Crippen LogP contribution in [0, 0.1) is 32.1 Å². The molecule has 3 rings (SSSR count). The highest BCUT2D eigenvalue weighted by molar-refractivity contribution is 6.31. The summed E-state index contributed by atoms with van der Waals surface area (Å²) in [4.78, 5) is 24.3. The Morgan fingerprint density at radius 2 is 1.84 bits per heavy atom. The van der Waals surface area contributed by atoms with Crippen molar-refractivity contribution in [1.82, 2.24) is 4.57 Å². The lowest BCUT2D eigenvalue weighted by Crippen LogP contribution is -2.13. The Morgan fingerprint density at radius 1 is 1.13 bits per heavy atom. The van der Waals surface area contributed by atoms with Gasteiger partial charge in [-0.2, -0.15) is 5.26 Å². The number of rotatable bonds is 5. The summed E-state index contributed by atoms with van der Waals surface area (Å²) in [6.45, 7) is 5.50. The summed E-state index contributed by atoms with van der Waals surface area (Å²) in [6.07, 6.45) is 1.49. The van der Waals surface area contributed by atoms with Crippen molar-refractivity contribution in [3.63, 3.8) is 0 Å². The molecule has 0 radical (unpaired) electrons. The molecule has 0 spiro atoms. The molecule has 6 nitrogen and oxygen atoms in total. The summed E-state index contributed by atoms with van der Waals surface area (Å²) in [7, 11) is 0. The van der Waals surface area contributed by atoms with E-state index in [2.05, 4.69) is 5.32 Å². The number of nitriles is 1. The summed E-state index contributed by atoms with van der Waals surface area (Å²) in [5, 5.41) is 22.3. The molecule has 3 aromatic rings. The van der Waals surface area contributed by atoms with Crippen LogP contribution in [0.3, 0.4) is 0 Å². The Morgan fingerprint density at radius 3 is 2.48 bits per heavy atom. The molecule has 0 unspecified atom stereocenters. The van der Waals surface area contributed by atoms with E-state index in [4.69, 9.17) is 11.6 Å². The minimum Gasteiger partial charge on any atom is -0.478 e. The molecule has 1 aromatic heterocycles. The number of carboxylic acids is 1. The van der Waals surface area contributed by atoms with Gasteiger partial charge in [-0.05, 0) is 68.3 Å². The zero-order valence-corrected chi connectivity index (χ0v) is 18.0. The van der Waals surface area contributed by atoms with Crippen LogP contribution >= 0.6 is 11.6 Å². The van der Waals surface area contributed by atoms with E-state index in [0.29, 0.717) is 27.7 Å². The number of carboxylic acid groups (broad SMARTS) is 1. The molecule has 1 heterocycles. The fourth-order valence-corrected chi connectivity index (χ4v) is 3.51. The van der Waals surface area contributed by atoms with Gasteiger partial charge in [-0.25, -0.2) is 4.79 Å². The fourth-order valence-electron chi connectivity index (χ4n) is 3.33. The van der Waals surface area contributed by atoms with Gasteiger partial charge in [-0.1, -0.05) is 29.8 Å². The summed E-state index contributed by atoms with van der Waals surface area (Å²) < 4.78 is 1.79. The first-order chi connectivity index (χ1) is 14.7. The van der Waals surface area contributed by atoms with E-state index < -0.39 is 11.9 Å². The molecule has 0 fully saturated rings. The average Bonchev–Trinajstić information content (AvgIpc) is 3.01. The maximum absolute atomic E-state index is 12.6. The van der Waals surface area contributed by atoms with Gasteiger partial charge in [0.2, 0.25) is 0 Å². The van der Waals surface area contributed by atoms with Gasteiger partial charge >= 0.3 is 5.97 Å². The van der Waals surface area contributed by atoms with Gasteiger partial charge < -0.3 is 15.0 Å². The highest BCUT2D eigenvalue weighted by atomic mass is 35.5. The molecule has 156 valence electrons. The van der Waals surface area contributed by atoms with Crippen molar-refractivity contribution in [1.29, 1.82) is 5.26 Å². The van der Waals surface area contributed by atoms with Crippen molar-refractivity contribution >= 4 is 35.2 Å². The number of aromatic nitrogens is 1. The third-order valence-corrected chi connectivity index (χ3v) is 5.35. The lowest BCUT2D eigenvalue weighted by Gasteiger charge is -2.12. The number of hydrogen-bond donors (Lipinski definition) is 2. The molecule has 2 aromatic carbocycles. The lowest BCUT2D eigenvalue weighted by atomic mass is 10.1. The van der Waals surface area contributed by atoms with Crippen LogP contribution in [0.1, 0.15) is 32.9 Å². The maximum atomic E-state index is 12.6. The second kappa shape index (κ2) is 8.90. The smallest absolute Gasteiger partial charge is 0.337 e. The summed E-state index contributed by atoms with van der Waals surface area (Å²) in [5.74, 6) is -1.59. The zero-order chi connectivity index (χ0) is 22.7. The number of aryl methyl sites for hydroxylation is 2. The van der Waals surface area contributed by atoms with Crippen LogP contribution in [-0.4, -0.2) is 21.6 Å². The van der Waals surface area contributed by atoms with Gasteiger partial charge in [-0.3, -0.25) is 4.79 Å². The summed E-state index contributed by atoms with van der Waals surface area (Å²) in [5.41, 5.74) is 4.10. The van der Waals surface area contributed by atoms with Crippen LogP contribution in [-0.2, 0) is 4.79 Å². The van der Waals surface area contributed by atoms with Gasteiger partial charge in [0.1, 0.15) is 11.6 Å². The van der Waals surface area contributed by atoms with Gasteiger partial charge in [0.15, 0.2) is 0 Å². The second-order valence-corrected chi connectivity index (χ2v) is 7.48. The molecule has 2 N–H and O–H groups in total. The molecule has 0 aliphatic carbocycles. The quantitative estimate of drug-likeness (QED) is 0.421. The molecular formula is C24H20ClN3O3. The Balaban J connectivity index is 1.98. The van der Waals surface area contributed by atoms with Crippen LogP contribution in [0.15, 0.2) is 54.1 Å². The van der Waals surface area contributed by atoms with E-state index in [9.17, 15) is 20.0 Å². The third-order valence-electron chi connectivity index (χ3n) is 4.94. The first kappa shape index (κ1) is 21.9. The van der Waals surface area contributed by atoms with Gasteiger partial charge in [0.05, 0.1) is 11.3 Å². The first-order valence-corrected chi connectivity index (χ1v) is 9.81. The number of carbonyl (C=O) groups excluding carboxylic acids is 1. The third kappa shape index (κ3) is 4.52. The first-order valence-electron chi connectivity index (χ1n) is 9.44. The average molecular weight is 434 g/mol. The Kier molecular flexibility index (Phi) is 6.28. The number of benzene rings is 2. The predicted molar refractivity (Wildman–Crippen MR) is 121 cm³/mol. The topological polar surface area (TPSA) is 95.1 Å². The molecule has 0 atom stereocenters. The van der Waals surface area contributed by atoms with Gasteiger partial charge in [-0.15, -0.1) is 0 Å². The van der Waals surface area contributed by atoms with E-state index in [1.54, 1.807) is 47.0 Å². The molecule has 0 aliphatic rings. The predicted octanol–water partition coefficient (Wildman–Crippen LogP) is 5.30. The van der Waals surface area contributed by atoms with E-state index in [1.807, 2.05) is 26.8 Å². The number of anilines is 1. The minimum absolute atomic E-state index is 0.0801. The number of nitrogens with one attached hydrogen (secondary N) is 1. The Hall–Kier alpha value is -3.82. The highest BCUT2D eigenvalue weighted by Gasteiger charge is 2.17. The van der Waals surface area contributed by atoms with Crippen molar-refractivity contribution in [3.05, 3.63) is 87.2 Å². The molecule has 1 amide bonds. The van der Waals surface area contributed by atoms with E-state index in [0.717, 1.165) is 11.3 Å². The van der Waals surface area contributed by atoms with Crippen LogP contribution in [0.25, 0.3) is 11.8 Å². The van der Waals surface area contributed by atoms with E-state index >= 15 is 0 Å². The monoisotopic (exact) mass is 433 g/mol. The molecule has 31 heavy (non-hydrogen) atoms. The van der Waals surface area contributed by atoms with Crippen LogP contribution < -0.4 is 5.32 Å². The van der Waals surface area contributed by atoms with Gasteiger partial charge in [0.25, 0.3) is 5.91 Å². The summed E-state index contributed by atoms with van der Waals surface area (Å²) in [6, 6.07) is 15.5. The Bertz CT molecular complexity index is 1270. The number of carbonyl (C=O) groups is 2. The van der Waals surface area contributed by atoms with Crippen molar-refractivity contribution < 1.29 is 14.7 Å². The minimum atomic E-state index is -1.03. The van der Waals surface area contributed by atoms with Crippen LogP contribution in [0.4, 0.5) is 5.69 Å². The Labute approximate surface area is 185 Å². The van der Waals surface area contributed by atoms with Gasteiger partial charge in [0, 0.05) is 22.1 Å². The molecule has 7 heteroatoms. The number of nitrogens with zero attached hydrogens (tertiary/aromatic N) is 2. The number of amides is 1. The standard InChI is InChI=1S/C24H20ClN3O3/c1-14-8-9-19(12-21(14)25)27-23(29)18(13-26)11-17-10-15(2)28(16(17)3)22-7-5-4-6-20(22)24(30)31/h4-12H,1-3H3,(H,27,29)(H,30,31)/b18-11-. The normalized spacial score (nSPS) is 11.1. The lowest BCUT2D eigenvalue weighted by molar-refractivity contribution is -0.112. The maximum Gasteiger partial charge on any atom is 0.337 e. The van der Waals surface area contributed by atoms with Crippen molar-refractivity contribution in [3.8, 4) is 11.8 Å². The van der Waals surface area contributed by atoms with Crippen molar-refractivity contribution in [2.24, 2.45) is 0 Å². The highest BCUT2D eigenvalue weighted by Crippen LogP contribution is 2.26. The molecule has 0 saturated carbocycles. The number of para-hydroxylation sites is 1. The molecule has 0 aliphatic heterocycles. The van der Waals surface area contributed by atoms with Crippen LogP contribution in [0.2, 0.25) is 5.02 Å². The number of aromatic carboxylic acids is 1. The zero-order valence-electron chi connectivity index (χ0n) is 17.2. The van der Waals surface area contributed by atoms with Crippen molar-refractivity contribution in [2.45, 2.75) is 20.8 Å². The fraction of sp³-hybridized carbons (Fsp3) is 0.125. The largest absolute Gasteiger partial charge is 0.478 e. The van der Waals surface area contributed by atoms with E-state index in [-0.39, 0.29) is 11.1 Å². The second-order valence-electron chi connectivity index (χ2n) is 7.07. The SMILES string of the molecule is Cc1ccc(NC(=O)/C(C#N)=C\c2cc(C)n(-c3ccccc3C(=O)O)c2C)cc1Cl. The molecule has 0 bridgehead atoms. The number of halogens is 1. The summed E-state index contributed by atoms with van der Waals surface area (Å²) >= 11 is 6.10. The van der Waals surface area contributed by atoms with Crippen molar-refractivity contribution in [2.75, 3.05) is 5.32 Å².